The standard InChI is InChI=1S/C21H18ClN4O4/c1-28-16-8-13(9-17(29-2)18(16)30-3)15-10-23-19-20(25-21(27)24-19)26(15)11-12-4-6-14(22)7-5-12/h4-10H,11H2,1-3H3. The maximum atomic E-state index is 11.8. The lowest BCUT2D eigenvalue weighted by Crippen LogP contribution is -2.37. The molecule has 1 radical (unpaired) electrons. The smallest absolute Gasteiger partial charge is 0.371 e. The molecule has 2 aliphatic heterocycles. The third-order valence-corrected chi connectivity index (χ3v) is 4.93. The van der Waals surface area contributed by atoms with Gasteiger partial charge in [0.2, 0.25) is 11.6 Å². The Balaban J connectivity index is 1.81. The van der Waals surface area contributed by atoms with Crippen molar-refractivity contribution in [2.75, 3.05) is 21.3 Å². The predicted octanol–water partition coefficient (Wildman–Crippen LogP) is 3.72. The zero-order chi connectivity index (χ0) is 21.3. The van der Waals surface area contributed by atoms with E-state index >= 15 is 0 Å². The van der Waals surface area contributed by atoms with Gasteiger partial charge < -0.3 is 19.1 Å². The molecule has 4 rings (SSSR count). The second-order valence-electron chi connectivity index (χ2n) is 6.42. The molecule has 0 saturated carbocycles. The Bertz CT molecular complexity index is 1070. The van der Waals surface area contributed by atoms with Crippen molar-refractivity contribution in [2.45, 2.75) is 6.54 Å². The van der Waals surface area contributed by atoms with E-state index in [4.69, 9.17) is 25.8 Å². The van der Waals surface area contributed by atoms with Crippen molar-refractivity contribution >= 4 is 35.0 Å². The number of methoxy groups -OCH3 is 3. The lowest BCUT2D eigenvalue weighted by Gasteiger charge is -2.29. The van der Waals surface area contributed by atoms with Gasteiger partial charge in [0.1, 0.15) is 0 Å². The number of benzene rings is 2. The summed E-state index contributed by atoms with van der Waals surface area (Å²) < 4.78 is 16.4. The van der Waals surface area contributed by atoms with Crippen molar-refractivity contribution in [3.05, 3.63) is 58.7 Å². The zero-order valence-corrected chi connectivity index (χ0v) is 17.3. The van der Waals surface area contributed by atoms with E-state index in [2.05, 4.69) is 15.3 Å². The van der Waals surface area contributed by atoms with Crippen LogP contribution >= 0.6 is 11.6 Å². The summed E-state index contributed by atoms with van der Waals surface area (Å²) in [7, 11) is 4.65. The fourth-order valence-electron chi connectivity index (χ4n) is 3.27. The number of halogens is 1. The monoisotopic (exact) mass is 425 g/mol. The van der Waals surface area contributed by atoms with E-state index in [1.165, 1.54) is 0 Å². The highest BCUT2D eigenvalue weighted by Gasteiger charge is 2.34. The van der Waals surface area contributed by atoms with Crippen LogP contribution in [0.15, 0.2) is 52.6 Å². The molecule has 0 atom stereocenters. The summed E-state index contributed by atoms with van der Waals surface area (Å²) in [5.74, 6) is 2.16. The van der Waals surface area contributed by atoms with E-state index in [0.29, 0.717) is 40.3 Å². The maximum absolute atomic E-state index is 11.8. The number of hydrogen-bond donors (Lipinski definition) is 0. The predicted molar refractivity (Wildman–Crippen MR) is 113 cm³/mol. The quantitative estimate of drug-likeness (QED) is 0.704. The molecule has 0 aromatic heterocycles. The van der Waals surface area contributed by atoms with Crippen LogP contribution in [-0.2, 0) is 6.54 Å². The average molecular weight is 426 g/mol. The van der Waals surface area contributed by atoms with Crippen molar-refractivity contribution in [3.8, 4) is 17.2 Å². The Morgan fingerprint density at radius 1 is 1.00 bits per heavy atom. The van der Waals surface area contributed by atoms with Gasteiger partial charge in [-0.1, -0.05) is 23.7 Å². The molecule has 30 heavy (non-hydrogen) atoms. The molecule has 9 heteroatoms. The molecule has 0 unspecified atom stereocenters. The summed E-state index contributed by atoms with van der Waals surface area (Å²) in [5, 5.41) is 4.51. The highest BCUT2D eigenvalue weighted by Crippen LogP contribution is 2.41. The van der Waals surface area contributed by atoms with Crippen molar-refractivity contribution in [2.24, 2.45) is 9.98 Å². The number of urea groups is 1. The second-order valence-corrected chi connectivity index (χ2v) is 6.86. The van der Waals surface area contributed by atoms with Gasteiger partial charge in [-0.3, -0.25) is 0 Å². The largest absolute Gasteiger partial charge is 0.493 e. The fourth-order valence-corrected chi connectivity index (χ4v) is 3.40. The van der Waals surface area contributed by atoms with Crippen LogP contribution in [-0.4, -0.2) is 43.9 Å². The van der Waals surface area contributed by atoms with Gasteiger partial charge in [0.15, 0.2) is 17.3 Å². The minimum Gasteiger partial charge on any atom is -0.493 e. The zero-order valence-electron chi connectivity index (χ0n) is 16.5. The Morgan fingerprint density at radius 3 is 2.27 bits per heavy atom. The number of carbonyl (C=O) groups is 1. The van der Waals surface area contributed by atoms with Gasteiger partial charge in [0.05, 0.1) is 33.2 Å². The molecule has 0 spiro atoms. The van der Waals surface area contributed by atoms with Crippen LogP contribution < -0.4 is 19.5 Å². The summed E-state index contributed by atoms with van der Waals surface area (Å²) in [5.41, 5.74) is 2.43. The third-order valence-electron chi connectivity index (χ3n) is 4.67. The highest BCUT2D eigenvalue weighted by atomic mass is 35.5. The van der Waals surface area contributed by atoms with Crippen LogP contribution in [0.25, 0.3) is 5.70 Å². The van der Waals surface area contributed by atoms with Crippen LogP contribution in [0.2, 0.25) is 5.02 Å². The maximum Gasteiger partial charge on any atom is 0.371 e. The molecule has 0 bridgehead atoms. The Hall–Kier alpha value is -3.52. The Morgan fingerprint density at radius 2 is 1.67 bits per heavy atom. The first kappa shape index (κ1) is 19.8. The minimum atomic E-state index is -0.579. The van der Waals surface area contributed by atoms with E-state index in [1.807, 2.05) is 41.3 Å². The van der Waals surface area contributed by atoms with Crippen molar-refractivity contribution < 1.29 is 19.0 Å². The number of amidine groups is 2. The molecule has 2 aliphatic rings. The van der Waals surface area contributed by atoms with Crippen molar-refractivity contribution in [1.29, 1.82) is 0 Å². The molecule has 0 N–H and O–H groups in total. The van der Waals surface area contributed by atoms with Gasteiger partial charge in [0.25, 0.3) is 0 Å². The summed E-state index contributed by atoms with van der Waals surface area (Å²) >= 11 is 6.02. The van der Waals surface area contributed by atoms with Crippen LogP contribution in [0, 0.1) is 0 Å². The second kappa shape index (κ2) is 8.08. The normalized spacial score (nSPS) is 15.0. The minimum absolute atomic E-state index is 0.283. The molecule has 2 aromatic carbocycles. The Kier molecular flexibility index (Phi) is 5.33. The SMILES string of the molecule is COc1cc(C2=CN=C3[N]C(=O)N=C3N2Cc2ccc(Cl)cc2)cc(OC)c1OC. The molecule has 8 nitrogen and oxygen atoms in total. The van der Waals surface area contributed by atoms with Gasteiger partial charge >= 0.3 is 6.03 Å². The molecular weight excluding hydrogens is 408 g/mol. The molecule has 2 heterocycles. The topological polar surface area (TPSA) is 86.8 Å². The van der Waals surface area contributed by atoms with Crippen LogP contribution in [0.4, 0.5) is 4.79 Å². The number of aliphatic imine (C=N–C) groups is 2. The van der Waals surface area contributed by atoms with Crippen molar-refractivity contribution in [3.63, 3.8) is 0 Å². The van der Waals surface area contributed by atoms with Crippen LogP contribution in [0.5, 0.6) is 17.2 Å². The molecular formula is C21H18ClN4O4. The fraction of sp³-hybridized carbons (Fsp3) is 0.190. The van der Waals surface area contributed by atoms with E-state index in [9.17, 15) is 4.79 Å². The van der Waals surface area contributed by atoms with E-state index in [1.54, 1.807) is 27.5 Å². The van der Waals surface area contributed by atoms with Gasteiger partial charge in [-0.15, -0.1) is 0 Å². The lowest BCUT2D eigenvalue weighted by molar-refractivity contribution is 0.253. The van der Waals surface area contributed by atoms with Crippen LogP contribution in [0.3, 0.4) is 0 Å². The van der Waals surface area contributed by atoms with Crippen molar-refractivity contribution in [1.82, 2.24) is 10.2 Å². The van der Waals surface area contributed by atoms with E-state index in [-0.39, 0.29) is 5.84 Å². The summed E-state index contributed by atoms with van der Waals surface area (Å²) in [6.07, 6.45) is 1.65. The molecule has 0 saturated heterocycles. The van der Waals surface area contributed by atoms with E-state index in [0.717, 1.165) is 11.1 Å². The summed E-state index contributed by atoms with van der Waals surface area (Å²) in [6, 6.07) is 10.5. The number of nitrogens with zero attached hydrogens (tertiary/aromatic N) is 4. The highest BCUT2D eigenvalue weighted by molar-refractivity contribution is 6.49. The first-order valence-electron chi connectivity index (χ1n) is 8.99. The molecule has 2 amide bonds. The number of ether oxygens (including phenoxy) is 3. The van der Waals surface area contributed by atoms with Crippen LogP contribution in [0.1, 0.15) is 11.1 Å². The summed E-state index contributed by atoms with van der Waals surface area (Å²) in [4.78, 5) is 22.1. The molecule has 0 fully saturated rings. The lowest BCUT2D eigenvalue weighted by atomic mass is 10.1. The van der Waals surface area contributed by atoms with Gasteiger partial charge in [-0.2, -0.15) is 10.3 Å². The summed E-state index contributed by atoms with van der Waals surface area (Å²) in [6.45, 7) is 0.431. The Labute approximate surface area is 178 Å². The number of rotatable bonds is 6. The first-order valence-corrected chi connectivity index (χ1v) is 9.37. The van der Waals surface area contributed by atoms with Gasteiger partial charge in [-0.05, 0) is 29.8 Å². The molecule has 153 valence electrons. The third kappa shape index (κ3) is 3.57. The van der Waals surface area contributed by atoms with E-state index < -0.39 is 6.03 Å². The molecule has 2 aromatic rings. The number of carbonyl (C=O) groups excluding carboxylic acids is 1. The number of amides is 2. The first-order chi connectivity index (χ1) is 14.5. The number of fused-ring (bicyclic) bond motifs is 1. The van der Waals surface area contributed by atoms with Gasteiger partial charge in [0, 0.05) is 17.1 Å². The average Bonchev–Trinajstić information content (AvgIpc) is 3.15. The number of hydrogen-bond acceptors (Lipinski definition) is 6. The molecule has 0 aliphatic carbocycles. The van der Waals surface area contributed by atoms with Gasteiger partial charge in [-0.25, -0.2) is 9.79 Å².